The Hall–Kier alpha value is -0.970. The molecule has 1 heterocycles. The van der Waals surface area contributed by atoms with Gasteiger partial charge in [-0.3, -0.25) is 4.99 Å². The second-order valence-electron chi connectivity index (χ2n) is 3.63. The molecule has 0 radical (unpaired) electrons. The fourth-order valence-electron chi connectivity index (χ4n) is 1.84. The van der Waals surface area contributed by atoms with Crippen molar-refractivity contribution < 1.29 is 14.6 Å². The number of hydrogen-bond donors (Lipinski definition) is 1. The van der Waals surface area contributed by atoms with Crippen LogP contribution in [0.3, 0.4) is 0 Å². The van der Waals surface area contributed by atoms with E-state index in [-0.39, 0.29) is 0 Å². The molecule has 2 rings (SSSR count). The van der Waals surface area contributed by atoms with Crippen molar-refractivity contribution in [1.29, 1.82) is 0 Å². The molecule has 15 heavy (non-hydrogen) atoms. The van der Waals surface area contributed by atoms with Crippen molar-refractivity contribution in [1.82, 2.24) is 0 Å². The lowest BCUT2D eigenvalue weighted by Gasteiger charge is -2.31. The second kappa shape index (κ2) is 3.89. The third kappa shape index (κ3) is 1.76. The van der Waals surface area contributed by atoms with Gasteiger partial charge in [-0.15, -0.1) is 0 Å². The van der Waals surface area contributed by atoms with Crippen LogP contribution >= 0.6 is 0 Å². The molecule has 0 amide bonds. The van der Waals surface area contributed by atoms with Gasteiger partial charge in [0.1, 0.15) is 0 Å². The Morgan fingerprint density at radius 2 is 2.20 bits per heavy atom. The molecule has 0 bridgehead atoms. The maximum atomic E-state index is 9.83. The zero-order chi connectivity index (χ0) is 10.9. The van der Waals surface area contributed by atoms with E-state index in [1.165, 1.54) is 0 Å². The van der Waals surface area contributed by atoms with Crippen molar-refractivity contribution in [3.8, 4) is 0 Å². The van der Waals surface area contributed by atoms with E-state index in [2.05, 4.69) is 4.99 Å². The molecule has 1 aliphatic heterocycles. The fraction of sp³-hybridized carbons (Fsp3) is 0.545. The molecule has 0 aromatic rings. The maximum absolute atomic E-state index is 9.83. The van der Waals surface area contributed by atoms with Gasteiger partial charge in [0.25, 0.3) is 0 Å². The van der Waals surface area contributed by atoms with Crippen LogP contribution in [0, 0.1) is 0 Å². The van der Waals surface area contributed by atoms with E-state index in [4.69, 9.17) is 9.47 Å². The monoisotopic (exact) mass is 209 g/mol. The number of nitrogens with zero attached hydrogens (tertiary/aromatic N) is 1. The number of methoxy groups -OCH3 is 2. The Kier molecular flexibility index (Phi) is 2.73. The van der Waals surface area contributed by atoms with Crippen molar-refractivity contribution in [3.63, 3.8) is 0 Å². The molecular formula is C11H15NO3. The van der Waals surface area contributed by atoms with E-state index in [9.17, 15) is 5.11 Å². The quantitative estimate of drug-likeness (QED) is 0.680. The van der Waals surface area contributed by atoms with Crippen LogP contribution in [0.15, 0.2) is 28.8 Å². The predicted molar refractivity (Wildman–Crippen MR) is 56.9 cm³/mol. The summed E-state index contributed by atoms with van der Waals surface area (Å²) in [6.45, 7) is 0.672. The molecule has 4 nitrogen and oxygen atoms in total. The van der Waals surface area contributed by atoms with Crippen molar-refractivity contribution in [2.45, 2.75) is 18.3 Å². The molecule has 1 N–H and O–H groups in total. The first kappa shape index (κ1) is 10.5. The van der Waals surface area contributed by atoms with Crippen molar-refractivity contribution in [2.24, 2.45) is 4.99 Å². The van der Waals surface area contributed by atoms with Gasteiger partial charge in [-0.25, -0.2) is 0 Å². The second-order valence-corrected chi connectivity index (χ2v) is 3.63. The first-order valence-electron chi connectivity index (χ1n) is 4.96. The Morgan fingerprint density at radius 3 is 2.87 bits per heavy atom. The highest BCUT2D eigenvalue weighted by Gasteiger charge is 2.32. The van der Waals surface area contributed by atoms with E-state index < -0.39 is 11.9 Å². The number of allylic oxidation sites excluding steroid dienone is 1. The van der Waals surface area contributed by atoms with Crippen LogP contribution in [-0.2, 0) is 9.47 Å². The molecule has 0 aromatic heterocycles. The minimum Gasteiger partial charge on any atom is -0.388 e. The van der Waals surface area contributed by atoms with Gasteiger partial charge in [0, 0.05) is 26.3 Å². The minimum absolute atomic E-state index is 0.466. The number of aliphatic imine (C=N–C) groups is 1. The molecule has 1 aliphatic carbocycles. The zero-order valence-corrected chi connectivity index (χ0v) is 8.93. The van der Waals surface area contributed by atoms with E-state index in [0.717, 1.165) is 11.3 Å². The van der Waals surface area contributed by atoms with Gasteiger partial charge in [0.2, 0.25) is 5.79 Å². The highest BCUT2D eigenvalue weighted by molar-refractivity contribution is 6.10. The van der Waals surface area contributed by atoms with E-state index in [1.807, 2.05) is 6.08 Å². The average Bonchev–Trinajstić information content (AvgIpc) is 2.29. The average molecular weight is 209 g/mol. The van der Waals surface area contributed by atoms with Crippen LogP contribution < -0.4 is 0 Å². The standard InChI is InChI=1S/C11H15NO3/c1-14-11(15-2)5-3-9-8(7-11)10(13)4-6-12-9/h3,5,7,10,13H,4,6H2,1-2H3. The normalized spacial score (nSPS) is 28.1. The smallest absolute Gasteiger partial charge is 0.208 e. The Labute approximate surface area is 88.9 Å². The van der Waals surface area contributed by atoms with Crippen LogP contribution in [0.2, 0.25) is 0 Å². The van der Waals surface area contributed by atoms with Gasteiger partial charge in [0.05, 0.1) is 11.8 Å². The van der Waals surface area contributed by atoms with Crippen LogP contribution in [-0.4, -0.2) is 43.5 Å². The first-order chi connectivity index (χ1) is 7.21. The molecule has 82 valence electrons. The van der Waals surface area contributed by atoms with E-state index in [1.54, 1.807) is 26.4 Å². The lowest BCUT2D eigenvalue weighted by Crippen LogP contribution is -2.36. The largest absolute Gasteiger partial charge is 0.388 e. The molecule has 4 heteroatoms. The van der Waals surface area contributed by atoms with Gasteiger partial charge in [0.15, 0.2) is 0 Å². The number of aliphatic hydroxyl groups is 1. The summed E-state index contributed by atoms with van der Waals surface area (Å²) in [5, 5.41) is 9.83. The van der Waals surface area contributed by atoms with Gasteiger partial charge in [-0.1, -0.05) is 0 Å². The molecule has 1 atom stereocenters. The number of hydrogen-bond acceptors (Lipinski definition) is 4. The van der Waals surface area contributed by atoms with Gasteiger partial charge < -0.3 is 14.6 Å². The summed E-state index contributed by atoms with van der Waals surface area (Å²) in [5.74, 6) is -0.854. The summed E-state index contributed by atoms with van der Waals surface area (Å²) in [4.78, 5) is 4.33. The lowest BCUT2D eigenvalue weighted by atomic mass is 9.91. The Morgan fingerprint density at radius 1 is 1.47 bits per heavy atom. The predicted octanol–water partition coefficient (Wildman–Crippen LogP) is 0.677. The molecule has 0 spiro atoms. The summed E-state index contributed by atoms with van der Waals surface area (Å²) < 4.78 is 10.5. The number of rotatable bonds is 2. The highest BCUT2D eigenvalue weighted by Crippen LogP contribution is 2.27. The third-order valence-electron chi connectivity index (χ3n) is 2.81. The number of ether oxygens (including phenoxy) is 2. The SMILES string of the molecule is COC1(OC)C=CC2=NCCC(O)C2=C1. The van der Waals surface area contributed by atoms with Crippen LogP contribution in [0.1, 0.15) is 6.42 Å². The number of fused-ring (bicyclic) bond motifs is 1. The van der Waals surface area contributed by atoms with Crippen LogP contribution in [0.5, 0.6) is 0 Å². The van der Waals surface area contributed by atoms with E-state index >= 15 is 0 Å². The van der Waals surface area contributed by atoms with E-state index in [0.29, 0.717) is 13.0 Å². The highest BCUT2D eigenvalue weighted by atomic mass is 16.7. The van der Waals surface area contributed by atoms with Crippen LogP contribution in [0.4, 0.5) is 0 Å². The van der Waals surface area contributed by atoms with Gasteiger partial charge in [-0.05, 0) is 24.6 Å². The maximum Gasteiger partial charge on any atom is 0.208 e. The molecule has 0 fully saturated rings. The van der Waals surface area contributed by atoms with Crippen LogP contribution in [0.25, 0.3) is 0 Å². The summed E-state index contributed by atoms with van der Waals surface area (Å²) >= 11 is 0. The number of aliphatic hydroxyl groups excluding tert-OH is 1. The van der Waals surface area contributed by atoms with Gasteiger partial charge in [-0.2, -0.15) is 0 Å². The molecule has 2 aliphatic rings. The first-order valence-corrected chi connectivity index (χ1v) is 4.96. The Balaban J connectivity index is 2.38. The molecule has 0 saturated heterocycles. The lowest BCUT2D eigenvalue weighted by molar-refractivity contribution is -0.134. The zero-order valence-electron chi connectivity index (χ0n) is 8.93. The molecular weight excluding hydrogens is 194 g/mol. The minimum atomic E-state index is -0.854. The summed E-state index contributed by atoms with van der Waals surface area (Å²) in [6.07, 6.45) is 5.62. The van der Waals surface area contributed by atoms with Gasteiger partial charge >= 0.3 is 0 Å². The summed E-state index contributed by atoms with van der Waals surface area (Å²) in [5.41, 5.74) is 1.63. The van der Waals surface area contributed by atoms with Crippen molar-refractivity contribution in [3.05, 3.63) is 23.8 Å². The fourth-order valence-corrected chi connectivity index (χ4v) is 1.84. The summed E-state index contributed by atoms with van der Waals surface area (Å²) in [7, 11) is 3.14. The van der Waals surface area contributed by atoms with Crippen molar-refractivity contribution >= 4 is 5.71 Å². The summed E-state index contributed by atoms with van der Waals surface area (Å²) in [6, 6.07) is 0. The molecule has 0 aromatic carbocycles. The third-order valence-corrected chi connectivity index (χ3v) is 2.81. The molecule has 0 saturated carbocycles. The Bertz CT molecular complexity index is 340. The topological polar surface area (TPSA) is 51.0 Å². The molecule has 1 unspecified atom stereocenters. The van der Waals surface area contributed by atoms with Crippen molar-refractivity contribution in [2.75, 3.05) is 20.8 Å².